The number of aryl methyl sites for hydroxylation is 1. The Hall–Kier alpha value is -3.53. The summed E-state index contributed by atoms with van der Waals surface area (Å²) in [6.45, 7) is 3.79. The molecule has 1 aromatic carbocycles. The maximum Gasteiger partial charge on any atom is 0.255 e. The molecule has 2 fully saturated rings. The molecule has 2 amide bonds. The molecule has 0 bridgehead atoms. The van der Waals surface area contributed by atoms with E-state index in [9.17, 15) is 19.1 Å². The number of halogens is 1. The van der Waals surface area contributed by atoms with E-state index in [1.807, 2.05) is 6.92 Å². The summed E-state index contributed by atoms with van der Waals surface area (Å²) in [4.78, 5) is 37.2. The number of H-pyrrole nitrogens is 1. The summed E-state index contributed by atoms with van der Waals surface area (Å²) in [5, 5.41) is 15.4. The first kappa shape index (κ1) is 25.1. The van der Waals surface area contributed by atoms with Crippen molar-refractivity contribution in [1.29, 1.82) is 0 Å². The van der Waals surface area contributed by atoms with E-state index >= 15 is 0 Å². The van der Waals surface area contributed by atoms with Crippen LogP contribution in [0, 0.1) is 18.7 Å². The molecule has 196 valence electrons. The standard InChI is InChI=1S/C27H32FN5O4/c1-14-22(27(36)33-19-8-6-18(7-9-19)32-26(35)15(2)34)24-25(31-14)23(29-13-30-24)20-10-5-17(28)11-21(20)37-12-16-3-4-16/h5,10-11,13,15-16,18-19,31,34H,3-4,6-9,12H2,1-2H3,(H,32,35)(H,33,36)/t15-,18-,19+/m0/s1. The van der Waals surface area contributed by atoms with Gasteiger partial charge in [0.25, 0.3) is 5.91 Å². The van der Waals surface area contributed by atoms with Crippen molar-refractivity contribution in [2.45, 2.75) is 70.6 Å². The van der Waals surface area contributed by atoms with Crippen molar-refractivity contribution < 1.29 is 23.8 Å². The summed E-state index contributed by atoms with van der Waals surface area (Å²) in [6.07, 6.45) is 5.48. The maximum atomic E-state index is 14.0. The Kier molecular flexibility index (Phi) is 7.10. The van der Waals surface area contributed by atoms with Crippen molar-refractivity contribution >= 4 is 22.8 Å². The average Bonchev–Trinajstić information content (AvgIpc) is 3.63. The quantitative estimate of drug-likeness (QED) is 0.368. The minimum atomic E-state index is -1.04. The Balaban J connectivity index is 1.34. The Labute approximate surface area is 214 Å². The fraction of sp³-hybridized carbons (Fsp3) is 0.481. The van der Waals surface area contributed by atoms with E-state index in [1.165, 1.54) is 25.4 Å². The molecule has 2 heterocycles. The molecular weight excluding hydrogens is 477 g/mol. The number of fused-ring (bicyclic) bond motifs is 1. The van der Waals surface area contributed by atoms with Crippen LogP contribution in [-0.4, -0.2) is 56.7 Å². The Bertz CT molecular complexity index is 1310. The van der Waals surface area contributed by atoms with Crippen LogP contribution in [0.1, 0.15) is 61.5 Å². The number of nitrogens with zero attached hydrogens (tertiary/aromatic N) is 2. The first-order valence-electron chi connectivity index (χ1n) is 12.9. The topological polar surface area (TPSA) is 129 Å². The SMILES string of the molecule is Cc1[nH]c2c(-c3ccc(F)cc3OCC3CC3)ncnc2c1C(=O)N[C@H]1CC[C@@H](NC(=O)[C@H](C)O)CC1. The Morgan fingerprint density at radius 1 is 1.14 bits per heavy atom. The fourth-order valence-electron chi connectivity index (χ4n) is 4.87. The third kappa shape index (κ3) is 5.58. The first-order valence-corrected chi connectivity index (χ1v) is 12.9. The summed E-state index contributed by atoms with van der Waals surface area (Å²) in [5.41, 5.74) is 3.39. The van der Waals surface area contributed by atoms with Gasteiger partial charge in [0.2, 0.25) is 5.91 Å². The van der Waals surface area contributed by atoms with Crippen LogP contribution in [0.2, 0.25) is 0 Å². The lowest BCUT2D eigenvalue weighted by atomic mass is 9.90. The zero-order valence-corrected chi connectivity index (χ0v) is 21.0. The third-order valence-electron chi connectivity index (χ3n) is 7.16. The first-order chi connectivity index (χ1) is 17.8. The van der Waals surface area contributed by atoms with E-state index in [1.54, 1.807) is 6.07 Å². The van der Waals surface area contributed by atoms with Crippen LogP contribution in [0.5, 0.6) is 5.75 Å². The van der Waals surface area contributed by atoms with Gasteiger partial charge in [-0.05, 0) is 70.4 Å². The number of ether oxygens (including phenoxy) is 1. The zero-order valence-electron chi connectivity index (χ0n) is 21.0. The predicted octanol–water partition coefficient (Wildman–Crippen LogP) is 3.40. The molecule has 2 aromatic heterocycles. The molecule has 0 spiro atoms. The number of carbonyl (C=O) groups is 2. The molecule has 4 N–H and O–H groups in total. The van der Waals surface area contributed by atoms with Crippen molar-refractivity contribution in [3.8, 4) is 17.0 Å². The minimum absolute atomic E-state index is 0.00702. The number of benzene rings is 1. The van der Waals surface area contributed by atoms with E-state index in [0.29, 0.717) is 51.8 Å². The van der Waals surface area contributed by atoms with Crippen molar-refractivity contribution in [3.05, 3.63) is 41.6 Å². The molecule has 0 unspecified atom stereocenters. The molecule has 0 aliphatic heterocycles. The monoisotopic (exact) mass is 509 g/mol. The van der Waals surface area contributed by atoms with Gasteiger partial charge in [0.05, 0.1) is 17.7 Å². The fourth-order valence-corrected chi connectivity index (χ4v) is 4.87. The third-order valence-corrected chi connectivity index (χ3v) is 7.16. The summed E-state index contributed by atoms with van der Waals surface area (Å²) in [5.74, 6) is -0.0599. The molecule has 2 aliphatic carbocycles. The van der Waals surface area contributed by atoms with Crippen LogP contribution in [0.4, 0.5) is 4.39 Å². The number of aliphatic hydroxyl groups excluding tert-OH is 1. The van der Waals surface area contributed by atoms with E-state index in [4.69, 9.17) is 4.74 Å². The molecule has 3 aromatic rings. The van der Waals surface area contributed by atoms with Crippen LogP contribution < -0.4 is 15.4 Å². The second-order valence-electron chi connectivity index (χ2n) is 10.2. The molecule has 0 radical (unpaired) electrons. The largest absolute Gasteiger partial charge is 0.492 e. The lowest BCUT2D eigenvalue weighted by Gasteiger charge is -2.30. The van der Waals surface area contributed by atoms with Gasteiger partial charge in [-0.2, -0.15) is 0 Å². The van der Waals surface area contributed by atoms with Crippen molar-refractivity contribution in [2.24, 2.45) is 5.92 Å². The van der Waals surface area contributed by atoms with Gasteiger partial charge in [-0.1, -0.05) is 0 Å². The zero-order chi connectivity index (χ0) is 26.1. The lowest BCUT2D eigenvalue weighted by Crippen LogP contribution is -2.46. The highest BCUT2D eigenvalue weighted by molar-refractivity contribution is 6.09. The van der Waals surface area contributed by atoms with Gasteiger partial charge in [-0.25, -0.2) is 14.4 Å². The van der Waals surface area contributed by atoms with Crippen LogP contribution in [0.25, 0.3) is 22.3 Å². The molecule has 5 rings (SSSR count). The second-order valence-corrected chi connectivity index (χ2v) is 10.2. The van der Waals surface area contributed by atoms with E-state index < -0.39 is 6.10 Å². The van der Waals surface area contributed by atoms with Crippen LogP contribution in [-0.2, 0) is 4.79 Å². The number of hydrogen-bond acceptors (Lipinski definition) is 6. The van der Waals surface area contributed by atoms with Gasteiger partial charge in [0, 0.05) is 29.4 Å². The highest BCUT2D eigenvalue weighted by Gasteiger charge is 2.28. The molecular formula is C27H32FN5O4. The number of nitrogens with one attached hydrogen (secondary N) is 3. The molecule has 37 heavy (non-hydrogen) atoms. The minimum Gasteiger partial charge on any atom is -0.492 e. The molecule has 9 nitrogen and oxygen atoms in total. The smallest absolute Gasteiger partial charge is 0.255 e. The Morgan fingerprint density at radius 3 is 2.51 bits per heavy atom. The normalized spacial score (nSPS) is 20.4. The van der Waals surface area contributed by atoms with Gasteiger partial charge in [-0.15, -0.1) is 0 Å². The predicted molar refractivity (Wildman–Crippen MR) is 136 cm³/mol. The number of aromatic amines is 1. The number of hydrogen-bond donors (Lipinski definition) is 4. The highest BCUT2D eigenvalue weighted by atomic mass is 19.1. The second kappa shape index (κ2) is 10.5. The maximum absolute atomic E-state index is 14.0. The van der Waals surface area contributed by atoms with Crippen LogP contribution in [0.3, 0.4) is 0 Å². The van der Waals surface area contributed by atoms with Crippen molar-refractivity contribution in [3.63, 3.8) is 0 Å². The number of carbonyl (C=O) groups excluding carboxylic acids is 2. The van der Waals surface area contributed by atoms with Crippen LogP contribution in [0.15, 0.2) is 24.5 Å². The van der Waals surface area contributed by atoms with Gasteiger partial charge in [0.1, 0.15) is 35.2 Å². The van der Waals surface area contributed by atoms with Gasteiger partial charge in [-0.3, -0.25) is 9.59 Å². The summed E-state index contributed by atoms with van der Waals surface area (Å²) >= 11 is 0. The summed E-state index contributed by atoms with van der Waals surface area (Å²) in [7, 11) is 0. The Morgan fingerprint density at radius 2 is 1.84 bits per heavy atom. The van der Waals surface area contributed by atoms with Gasteiger partial charge >= 0.3 is 0 Å². The molecule has 0 saturated heterocycles. The van der Waals surface area contributed by atoms with E-state index in [0.717, 1.165) is 38.5 Å². The number of amides is 2. The van der Waals surface area contributed by atoms with Gasteiger partial charge in [0.15, 0.2) is 0 Å². The highest BCUT2D eigenvalue weighted by Crippen LogP contribution is 2.36. The van der Waals surface area contributed by atoms with Gasteiger partial charge < -0.3 is 25.5 Å². The number of rotatable bonds is 8. The van der Waals surface area contributed by atoms with E-state index in [2.05, 4.69) is 25.6 Å². The molecule has 2 aliphatic rings. The summed E-state index contributed by atoms with van der Waals surface area (Å²) < 4.78 is 20.0. The van der Waals surface area contributed by atoms with Crippen molar-refractivity contribution in [2.75, 3.05) is 6.61 Å². The summed E-state index contributed by atoms with van der Waals surface area (Å²) in [6, 6.07) is 4.35. The lowest BCUT2D eigenvalue weighted by molar-refractivity contribution is -0.129. The van der Waals surface area contributed by atoms with Crippen LogP contribution >= 0.6 is 0 Å². The average molecular weight is 510 g/mol. The molecule has 2 saturated carbocycles. The molecule has 10 heteroatoms. The van der Waals surface area contributed by atoms with Crippen molar-refractivity contribution in [1.82, 2.24) is 25.6 Å². The molecule has 1 atom stereocenters. The number of aromatic nitrogens is 3. The van der Waals surface area contributed by atoms with E-state index in [-0.39, 0.29) is 29.7 Å². The number of aliphatic hydroxyl groups is 1.